The Hall–Kier alpha value is -3.29. The molecule has 0 bridgehead atoms. The molecule has 0 radical (unpaired) electrons. The van der Waals surface area contributed by atoms with E-state index < -0.39 is 29.1 Å². The van der Waals surface area contributed by atoms with Gasteiger partial charge in [0.05, 0.1) is 5.52 Å². The Morgan fingerprint density at radius 3 is 2.28 bits per heavy atom. The first kappa shape index (κ1) is 16.6. The van der Waals surface area contributed by atoms with E-state index in [0.29, 0.717) is 11.2 Å². The number of carboxylic acids is 1. The van der Waals surface area contributed by atoms with Gasteiger partial charge in [-0.3, -0.25) is 4.79 Å². The van der Waals surface area contributed by atoms with E-state index in [4.69, 9.17) is 0 Å². The van der Waals surface area contributed by atoms with Gasteiger partial charge in [0, 0.05) is 17.3 Å². The Balaban J connectivity index is 2.17. The Labute approximate surface area is 138 Å². The maximum atomic E-state index is 12.2. The molecule has 0 unspecified atom stereocenters. The molecule has 3 rings (SSSR count). The molecular weight excluding hydrogens is 339 g/mol. The van der Waals surface area contributed by atoms with Gasteiger partial charge in [0.15, 0.2) is 0 Å². The average Bonchev–Trinajstić information content (AvgIpc) is 2.55. The van der Waals surface area contributed by atoms with E-state index in [-0.39, 0.29) is 5.39 Å². The molecule has 1 heterocycles. The number of nitrogens with zero attached hydrogens (tertiary/aromatic N) is 1. The van der Waals surface area contributed by atoms with Crippen LogP contribution in [-0.4, -0.2) is 22.0 Å². The summed E-state index contributed by atoms with van der Waals surface area (Å²) in [7, 11) is 0. The molecule has 0 amide bonds. The summed E-state index contributed by atoms with van der Waals surface area (Å²) in [4.78, 5) is 23.5. The molecule has 0 aliphatic carbocycles. The van der Waals surface area contributed by atoms with Gasteiger partial charge in [0.25, 0.3) is 0 Å². The fraction of sp³-hybridized carbons (Fsp3) is 0.0588. The van der Waals surface area contributed by atoms with Crippen molar-refractivity contribution in [2.24, 2.45) is 0 Å². The molecule has 0 saturated carbocycles. The number of fused-ring (bicyclic) bond motifs is 1. The lowest BCUT2D eigenvalue weighted by atomic mass is 10.1. The summed E-state index contributed by atoms with van der Waals surface area (Å²) in [5, 5.41) is 9.40. The second-order valence-electron chi connectivity index (χ2n) is 5.11. The largest absolute Gasteiger partial charge is 0.573 e. The Morgan fingerprint density at radius 2 is 1.68 bits per heavy atom. The van der Waals surface area contributed by atoms with Crippen LogP contribution >= 0.6 is 0 Å². The van der Waals surface area contributed by atoms with Crippen molar-refractivity contribution in [1.82, 2.24) is 4.57 Å². The predicted octanol–water partition coefficient (Wildman–Crippen LogP) is 3.59. The van der Waals surface area contributed by atoms with Crippen molar-refractivity contribution in [3.8, 4) is 11.4 Å². The minimum atomic E-state index is -4.80. The first-order valence-electron chi connectivity index (χ1n) is 7.00. The summed E-state index contributed by atoms with van der Waals surface area (Å²) in [6.07, 6.45) is -3.66. The molecule has 0 fully saturated rings. The van der Waals surface area contributed by atoms with E-state index in [9.17, 15) is 27.9 Å². The summed E-state index contributed by atoms with van der Waals surface area (Å²) >= 11 is 0. The number of carbonyl (C=O) groups is 1. The molecule has 1 N–H and O–H groups in total. The molecule has 0 aliphatic rings. The van der Waals surface area contributed by atoms with Crippen LogP contribution in [-0.2, 0) is 0 Å². The van der Waals surface area contributed by atoms with Crippen LogP contribution in [0, 0.1) is 0 Å². The highest BCUT2D eigenvalue weighted by Crippen LogP contribution is 2.25. The quantitative estimate of drug-likeness (QED) is 0.785. The number of para-hydroxylation sites is 1. The van der Waals surface area contributed by atoms with E-state index in [1.807, 2.05) is 0 Å². The normalized spacial score (nSPS) is 11.5. The maximum absolute atomic E-state index is 12.2. The molecule has 2 aromatic carbocycles. The zero-order valence-corrected chi connectivity index (χ0v) is 12.4. The van der Waals surface area contributed by atoms with Crippen molar-refractivity contribution in [3.05, 3.63) is 70.5 Å². The summed E-state index contributed by atoms with van der Waals surface area (Å²) in [5.74, 6) is -1.79. The molecule has 1 aromatic heterocycles. The van der Waals surface area contributed by atoms with Gasteiger partial charge in [-0.05, 0) is 36.4 Å². The van der Waals surface area contributed by atoms with Crippen molar-refractivity contribution in [2.75, 3.05) is 0 Å². The van der Waals surface area contributed by atoms with Crippen LogP contribution in [0.25, 0.3) is 16.6 Å². The molecule has 3 aromatic rings. The van der Waals surface area contributed by atoms with Crippen molar-refractivity contribution in [1.29, 1.82) is 0 Å². The molecule has 0 atom stereocenters. The highest BCUT2D eigenvalue weighted by atomic mass is 19.4. The first-order chi connectivity index (χ1) is 11.8. The van der Waals surface area contributed by atoms with Gasteiger partial charge in [-0.15, -0.1) is 13.2 Å². The van der Waals surface area contributed by atoms with E-state index in [1.165, 1.54) is 22.8 Å². The third-order valence-corrected chi connectivity index (χ3v) is 3.49. The van der Waals surface area contributed by atoms with E-state index in [0.717, 1.165) is 18.3 Å². The lowest BCUT2D eigenvalue weighted by molar-refractivity contribution is -0.274. The van der Waals surface area contributed by atoms with Gasteiger partial charge in [-0.25, -0.2) is 4.79 Å². The Kier molecular flexibility index (Phi) is 3.96. The molecule has 8 heteroatoms. The second-order valence-corrected chi connectivity index (χ2v) is 5.11. The van der Waals surface area contributed by atoms with Crippen LogP contribution in [0.15, 0.2) is 59.5 Å². The van der Waals surface area contributed by atoms with Gasteiger partial charge in [-0.2, -0.15) is 0 Å². The molecule has 25 heavy (non-hydrogen) atoms. The number of pyridine rings is 1. The van der Waals surface area contributed by atoms with Crippen LogP contribution in [0.2, 0.25) is 0 Å². The van der Waals surface area contributed by atoms with Gasteiger partial charge >= 0.3 is 12.3 Å². The molecule has 0 saturated heterocycles. The van der Waals surface area contributed by atoms with Crippen molar-refractivity contribution < 1.29 is 27.8 Å². The fourth-order valence-corrected chi connectivity index (χ4v) is 2.45. The van der Waals surface area contributed by atoms with Gasteiger partial charge in [0.1, 0.15) is 11.3 Å². The number of halogens is 3. The minimum Gasteiger partial charge on any atom is -0.477 e. The van der Waals surface area contributed by atoms with Crippen LogP contribution in [0.3, 0.4) is 0 Å². The maximum Gasteiger partial charge on any atom is 0.573 e. The number of aromatic carboxylic acids is 1. The number of hydrogen-bond donors (Lipinski definition) is 1. The van der Waals surface area contributed by atoms with Crippen LogP contribution < -0.4 is 10.2 Å². The first-order valence-corrected chi connectivity index (χ1v) is 7.00. The average molecular weight is 349 g/mol. The van der Waals surface area contributed by atoms with Crippen LogP contribution in [0.4, 0.5) is 13.2 Å². The Bertz CT molecular complexity index is 1010. The van der Waals surface area contributed by atoms with Gasteiger partial charge < -0.3 is 14.4 Å². The smallest absolute Gasteiger partial charge is 0.477 e. The molecule has 128 valence electrons. The lowest BCUT2D eigenvalue weighted by Gasteiger charge is -2.14. The molecule has 0 aliphatic heterocycles. The van der Waals surface area contributed by atoms with Gasteiger partial charge in [-0.1, -0.05) is 12.1 Å². The number of hydrogen-bond acceptors (Lipinski definition) is 3. The zero-order valence-electron chi connectivity index (χ0n) is 12.4. The predicted molar refractivity (Wildman–Crippen MR) is 83.2 cm³/mol. The van der Waals surface area contributed by atoms with E-state index >= 15 is 0 Å². The van der Waals surface area contributed by atoms with Gasteiger partial charge in [0.2, 0.25) is 5.43 Å². The molecule has 0 spiro atoms. The van der Waals surface area contributed by atoms with Crippen LogP contribution in [0.5, 0.6) is 5.75 Å². The summed E-state index contributed by atoms with van der Waals surface area (Å²) in [6, 6.07) is 11.3. The summed E-state index contributed by atoms with van der Waals surface area (Å²) in [5.41, 5.74) is -0.249. The lowest BCUT2D eigenvalue weighted by Crippen LogP contribution is -2.18. The topological polar surface area (TPSA) is 68.5 Å². The number of ether oxygens (including phenoxy) is 1. The fourth-order valence-electron chi connectivity index (χ4n) is 2.45. The number of alkyl halides is 3. The molecular formula is C17H10F3NO4. The minimum absolute atomic E-state index is 0.193. The van der Waals surface area contributed by atoms with Crippen molar-refractivity contribution >= 4 is 16.9 Å². The SMILES string of the molecule is O=C(O)c1cn(-c2ccc(OC(F)(F)F)cc2)c2ccccc2c1=O. The van der Waals surface area contributed by atoms with Crippen LogP contribution in [0.1, 0.15) is 10.4 Å². The number of benzene rings is 2. The number of carboxylic acid groups (broad SMARTS) is 1. The third kappa shape index (κ3) is 3.32. The second kappa shape index (κ2) is 5.97. The van der Waals surface area contributed by atoms with E-state index in [2.05, 4.69) is 4.74 Å². The highest BCUT2D eigenvalue weighted by Gasteiger charge is 2.31. The summed E-state index contributed by atoms with van der Waals surface area (Å²) < 4.78 is 41.9. The van der Waals surface area contributed by atoms with E-state index in [1.54, 1.807) is 18.2 Å². The molecule has 5 nitrogen and oxygen atoms in total. The number of aromatic nitrogens is 1. The van der Waals surface area contributed by atoms with Crippen molar-refractivity contribution in [3.63, 3.8) is 0 Å². The number of rotatable bonds is 3. The third-order valence-electron chi connectivity index (χ3n) is 3.49. The monoisotopic (exact) mass is 349 g/mol. The van der Waals surface area contributed by atoms with Crippen molar-refractivity contribution in [2.45, 2.75) is 6.36 Å². The highest BCUT2D eigenvalue weighted by molar-refractivity contribution is 5.93. The standard InChI is InChI=1S/C17H10F3NO4/c18-17(19,20)25-11-7-5-10(6-8-11)21-9-13(16(23)24)15(22)12-3-1-2-4-14(12)21/h1-9H,(H,23,24). The zero-order chi connectivity index (χ0) is 18.2. The Morgan fingerprint density at radius 1 is 1.04 bits per heavy atom. The summed E-state index contributed by atoms with van der Waals surface area (Å²) in [6.45, 7) is 0.